The Morgan fingerprint density at radius 2 is 0.971 bits per heavy atom. The molecule has 3 unspecified atom stereocenters. The second-order valence-corrected chi connectivity index (χ2v) is 21.6. The molecule has 0 aliphatic carbocycles. The average molecular weight is 1000 g/mol. The first-order valence-electron chi connectivity index (χ1n) is 28.4. The molecule has 404 valence electrons. The fourth-order valence-corrected chi connectivity index (χ4v) is 8.45. The molecule has 0 fully saturated rings. The van der Waals surface area contributed by atoms with Gasteiger partial charge in [-0.05, 0) is 89.5 Å². The number of hydrogen-bond donors (Lipinski definition) is 2. The van der Waals surface area contributed by atoms with Crippen molar-refractivity contribution in [3.05, 3.63) is 85.1 Å². The molecule has 1 amide bonds. The van der Waals surface area contributed by atoms with E-state index in [0.717, 1.165) is 109 Å². The molecule has 0 saturated heterocycles. The number of phosphoric ester groups is 1. The maximum atomic E-state index is 13.5. The van der Waals surface area contributed by atoms with Gasteiger partial charge in [-0.25, -0.2) is 4.57 Å². The Morgan fingerprint density at radius 1 is 0.529 bits per heavy atom. The fraction of sp³-hybridized carbons (Fsp3) is 0.733. The molecule has 3 atom stereocenters. The van der Waals surface area contributed by atoms with E-state index in [0.29, 0.717) is 17.4 Å². The Bertz CT molecular complexity index is 1480. The number of quaternary nitrogens is 1. The van der Waals surface area contributed by atoms with Crippen molar-refractivity contribution in [1.82, 2.24) is 5.32 Å². The number of rotatable bonds is 50. The lowest BCUT2D eigenvalue weighted by molar-refractivity contribution is -0.870. The molecule has 0 bridgehead atoms. The molecule has 0 aromatic heterocycles. The Labute approximate surface area is 431 Å². The van der Waals surface area contributed by atoms with Crippen LogP contribution in [0, 0.1) is 0 Å². The smallest absolute Gasteiger partial charge is 0.456 e. The van der Waals surface area contributed by atoms with Crippen LogP contribution in [0.1, 0.15) is 233 Å². The highest BCUT2D eigenvalue weighted by atomic mass is 31.2. The molecule has 0 spiro atoms. The average Bonchev–Trinajstić information content (AvgIpc) is 3.32. The number of carbonyl (C=O) groups is 2. The van der Waals surface area contributed by atoms with E-state index in [1.165, 1.54) is 89.9 Å². The summed E-state index contributed by atoms with van der Waals surface area (Å²) in [6.45, 7) is 6.81. The van der Waals surface area contributed by atoms with Crippen LogP contribution in [0.2, 0.25) is 0 Å². The second-order valence-electron chi connectivity index (χ2n) is 20.1. The number of amides is 1. The second kappa shape index (κ2) is 49.8. The predicted octanol–water partition coefficient (Wildman–Crippen LogP) is 17.0. The van der Waals surface area contributed by atoms with Crippen LogP contribution >= 0.6 is 7.82 Å². The number of esters is 1. The lowest BCUT2D eigenvalue weighted by Crippen LogP contribution is -2.47. The first-order chi connectivity index (χ1) is 33.9. The maximum absolute atomic E-state index is 13.5. The number of allylic oxidation sites excluding steroid dienone is 13. The van der Waals surface area contributed by atoms with E-state index in [1.807, 2.05) is 39.4 Å². The molecule has 0 rings (SSSR count). The van der Waals surface area contributed by atoms with E-state index in [2.05, 4.69) is 92.9 Å². The van der Waals surface area contributed by atoms with Crippen molar-refractivity contribution in [2.24, 2.45) is 0 Å². The Hall–Kier alpha value is -2.81. The van der Waals surface area contributed by atoms with Crippen LogP contribution in [0.3, 0.4) is 0 Å². The Balaban J connectivity index is 5.38. The van der Waals surface area contributed by atoms with Crippen molar-refractivity contribution in [2.75, 3.05) is 40.9 Å². The Morgan fingerprint density at radius 3 is 1.51 bits per heavy atom. The summed E-state index contributed by atoms with van der Waals surface area (Å²) in [5.74, 6) is -0.548. The number of unbranched alkanes of at least 4 members (excludes halogenated alkanes) is 24. The quantitative estimate of drug-likeness (QED) is 0.0156. The molecule has 0 aliphatic heterocycles. The van der Waals surface area contributed by atoms with Crippen LogP contribution in [0.25, 0.3) is 0 Å². The minimum absolute atomic E-state index is 0.0298. The molecule has 0 heterocycles. The van der Waals surface area contributed by atoms with Gasteiger partial charge in [0.2, 0.25) is 5.91 Å². The van der Waals surface area contributed by atoms with E-state index < -0.39 is 20.0 Å². The van der Waals surface area contributed by atoms with E-state index in [-0.39, 0.29) is 31.5 Å². The fourth-order valence-electron chi connectivity index (χ4n) is 7.71. The molecular formula is C60H108N2O7P+. The summed E-state index contributed by atoms with van der Waals surface area (Å²) in [6, 6.07) is -0.867. The van der Waals surface area contributed by atoms with E-state index >= 15 is 0 Å². The minimum atomic E-state index is -4.46. The van der Waals surface area contributed by atoms with Gasteiger partial charge in [0.05, 0.1) is 33.8 Å². The molecule has 0 aliphatic rings. The number of hydrogen-bond acceptors (Lipinski definition) is 6. The summed E-state index contributed by atoms with van der Waals surface area (Å²) in [5, 5.41) is 3.03. The summed E-state index contributed by atoms with van der Waals surface area (Å²) in [5.41, 5.74) is 0. The van der Waals surface area contributed by atoms with Gasteiger partial charge in [0, 0.05) is 12.8 Å². The van der Waals surface area contributed by atoms with Crippen molar-refractivity contribution in [3.63, 3.8) is 0 Å². The van der Waals surface area contributed by atoms with Gasteiger partial charge in [0.1, 0.15) is 19.3 Å². The molecule has 0 aromatic rings. The zero-order chi connectivity index (χ0) is 51.5. The zero-order valence-electron chi connectivity index (χ0n) is 46.0. The minimum Gasteiger partial charge on any atom is -0.456 e. The molecule has 0 aromatic carbocycles. The molecule has 70 heavy (non-hydrogen) atoms. The van der Waals surface area contributed by atoms with Crippen LogP contribution in [-0.2, 0) is 27.9 Å². The number of nitrogens with zero attached hydrogens (tertiary/aromatic N) is 1. The molecular weight excluding hydrogens is 892 g/mol. The van der Waals surface area contributed by atoms with E-state index in [4.69, 9.17) is 13.8 Å². The third kappa shape index (κ3) is 50.1. The summed E-state index contributed by atoms with van der Waals surface area (Å²) in [6.07, 6.45) is 64.3. The molecule has 0 saturated carbocycles. The van der Waals surface area contributed by atoms with Gasteiger partial charge in [-0.2, -0.15) is 0 Å². The lowest BCUT2D eigenvalue weighted by Gasteiger charge is -2.27. The lowest BCUT2D eigenvalue weighted by atomic mass is 10.0. The predicted molar refractivity (Wildman–Crippen MR) is 300 cm³/mol. The first-order valence-corrected chi connectivity index (χ1v) is 29.9. The first kappa shape index (κ1) is 67.2. The SMILES string of the molecule is CC/C=C/C=C/C=C\CCCCCCCC(=O)NC(COP(=O)(O)OCC[N+](C)(C)C)C(/C=C\CCCCCCCCCCCC)OC(=O)CCCCCCCC/C=C\C/C=C\C/C=C\CCCCC. The van der Waals surface area contributed by atoms with Crippen LogP contribution < -0.4 is 5.32 Å². The third-order valence-corrected chi connectivity index (χ3v) is 13.1. The monoisotopic (exact) mass is 1000 g/mol. The number of carbonyl (C=O) groups excluding carboxylic acids is 2. The van der Waals surface area contributed by atoms with E-state index in [1.54, 1.807) is 0 Å². The normalized spacial score (nSPS) is 14.4. The van der Waals surface area contributed by atoms with Gasteiger partial charge >= 0.3 is 13.8 Å². The number of nitrogens with one attached hydrogen (secondary N) is 1. The topological polar surface area (TPSA) is 111 Å². The van der Waals surface area contributed by atoms with E-state index in [9.17, 15) is 19.0 Å². The largest absolute Gasteiger partial charge is 0.472 e. The number of likely N-dealkylation sites (N-methyl/N-ethyl adjacent to an activating group) is 1. The molecule has 9 nitrogen and oxygen atoms in total. The maximum Gasteiger partial charge on any atom is 0.472 e. The highest BCUT2D eigenvalue weighted by molar-refractivity contribution is 7.47. The summed E-state index contributed by atoms with van der Waals surface area (Å²) >= 11 is 0. The van der Waals surface area contributed by atoms with Crippen LogP contribution in [0.4, 0.5) is 0 Å². The molecule has 10 heteroatoms. The zero-order valence-corrected chi connectivity index (χ0v) is 46.9. The van der Waals surface area contributed by atoms with Crippen LogP contribution in [0.15, 0.2) is 85.1 Å². The summed E-state index contributed by atoms with van der Waals surface area (Å²) in [4.78, 5) is 37.5. The van der Waals surface area contributed by atoms with Gasteiger partial charge in [-0.3, -0.25) is 18.6 Å². The third-order valence-electron chi connectivity index (χ3n) is 12.1. The van der Waals surface area contributed by atoms with Gasteiger partial charge < -0.3 is 19.4 Å². The highest BCUT2D eigenvalue weighted by Crippen LogP contribution is 2.43. The van der Waals surface area contributed by atoms with Crippen LogP contribution in [-0.4, -0.2) is 74.3 Å². The summed E-state index contributed by atoms with van der Waals surface area (Å²) < 4.78 is 30.6. The summed E-state index contributed by atoms with van der Waals surface area (Å²) in [7, 11) is 1.46. The highest BCUT2D eigenvalue weighted by Gasteiger charge is 2.30. The van der Waals surface area contributed by atoms with Gasteiger partial charge in [0.15, 0.2) is 0 Å². The van der Waals surface area contributed by atoms with Crippen molar-refractivity contribution in [3.8, 4) is 0 Å². The number of ether oxygens (including phenoxy) is 1. The van der Waals surface area contributed by atoms with Crippen molar-refractivity contribution < 1.29 is 37.3 Å². The van der Waals surface area contributed by atoms with Gasteiger partial charge in [-0.15, -0.1) is 0 Å². The molecule has 0 radical (unpaired) electrons. The molecule has 2 N–H and O–H groups in total. The number of phosphoric acid groups is 1. The van der Waals surface area contributed by atoms with Gasteiger partial charge in [-0.1, -0.05) is 215 Å². The standard InChI is InChI=1S/C60H107N2O7P/c1-7-10-13-16-19-22-25-28-29-30-31-32-33-35-38-41-44-47-50-53-60(64)69-58(51-48-45-42-39-36-27-24-21-18-15-12-9-3)57(56-68-70(65,66)67-55-54-62(4,5)6)61-59(63)52-49-46-43-40-37-34-26-23-20-17-14-11-8-2/h11,14,17,19-20,22-23,26,28-29,31-32,48,51,57-58H,7-10,12-13,15-16,18,21,24-25,27,30,33-47,49-50,52-56H2,1-6H3,(H-,61,63,65,66)/p+1/b14-11+,20-17+,22-19-,26-23-,29-28-,32-31-,51-48-. The van der Waals surface area contributed by atoms with Gasteiger partial charge in [0.25, 0.3) is 0 Å². The van der Waals surface area contributed by atoms with Crippen molar-refractivity contribution in [1.29, 1.82) is 0 Å². The van der Waals surface area contributed by atoms with Crippen LogP contribution in [0.5, 0.6) is 0 Å². The van der Waals surface area contributed by atoms with Crippen molar-refractivity contribution in [2.45, 2.75) is 245 Å². The Kier molecular flexibility index (Phi) is 47.8. The van der Waals surface area contributed by atoms with Crippen molar-refractivity contribution >= 4 is 19.7 Å².